The number of alkyl halides is 3. The first-order valence-electron chi connectivity index (χ1n) is 6.83. The number of rotatable bonds is 2. The lowest BCUT2D eigenvalue weighted by atomic mass is 9.97. The summed E-state index contributed by atoms with van der Waals surface area (Å²) < 4.78 is 42.3. The van der Waals surface area contributed by atoms with Crippen LogP contribution in [0.3, 0.4) is 0 Å². The van der Waals surface area contributed by atoms with E-state index in [-0.39, 0.29) is 12.2 Å². The summed E-state index contributed by atoms with van der Waals surface area (Å²) in [6, 6.07) is -1.41. The monoisotopic (exact) mass is 329 g/mol. The zero-order chi connectivity index (χ0) is 16.9. The van der Waals surface area contributed by atoms with Gasteiger partial charge in [-0.1, -0.05) is 0 Å². The SMILES string of the molecule is Cc1nn(C)cc1[C@H]1C[C@@H](C(F)(F)F)n2nc(C(=O)O)cc2N1. The second kappa shape index (κ2) is 5.00. The predicted molar refractivity (Wildman–Crippen MR) is 73.2 cm³/mol. The van der Waals surface area contributed by atoms with Crippen LogP contribution in [0.4, 0.5) is 19.0 Å². The highest BCUT2D eigenvalue weighted by Crippen LogP contribution is 2.43. The van der Waals surface area contributed by atoms with Gasteiger partial charge in [0.25, 0.3) is 0 Å². The van der Waals surface area contributed by atoms with Crippen LogP contribution in [-0.2, 0) is 7.05 Å². The van der Waals surface area contributed by atoms with Crippen LogP contribution >= 0.6 is 0 Å². The maximum absolute atomic E-state index is 13.4. The van der Waals surface area contributed by atoms with Gasteiger partial charge in [0.05, 0.1) is 11.7 Å². The number of aryl methyl sites for hydroxylation is 2. The van der Waals surface area contributed by atoms with Crippen LogP contribution in [0.25, 0.3) is 0 Å². The number of aromatic nitrogens is 4. The first-order chi connectivity index (χ1) is 10.7. The van der Waals surface area contributed by atoms with Crippen LogP contribution in [0.5, 0.6) is 0 Å². The second-order valence-corrected chi connectivity index (χ2v) is 5.50. The van der Waals surface area contributed by atoms with Gasteiger partial charge in [-0.05, 0) is 6.92 Å². The number of nitrogens with zero attached hydrogens (tertiary/aromatic N) is 4. The Hall–Kier alpha value is -2.52. The van der Waals surface area contributed by atoms with Gasteiger partial charge in [0.1, 0.15) is 5.82 Å². The summed E-state index contributed by atoms with van der Waals surface area (Å²) in [4.78, 5) is 11.0. The van der Waals surface area contributed by atoms with E-state index in [0.29, 0.717) is 15.9 Å². The molecule has 2 atom stereocenters. The van der Waals surface area contributed by atoms with Crippen LogP contribution in [-0.4, -0.2) is 36.8 Å². The number of nitrogens with one attached hydrogen (secondary N) is 1. The summed E-state index contributed by atoms with van der Waals surface area (Å²) in [6.45, 7) is 1.72. The molecule has 0 spiro atoms. The highest BCUT2D eigenvalue weighted by molar-refractivity contribution is 5.86. The van der Waals surface area contributed by atoms with Crippen LogP contribution in [0.15, 0.2) is 12.3 Å². The number of hydrogen-bond donors (Lipinski definition) is 2. The normalized spacial score (nSPS) is 20.9. The van der Waals surface area contributed by atoms with Gasteiger partial charge < -0.3 is 10.4 Å². The molecule has 0 saturated carbocycles. The quantitative estimate of drug-likeness (QED) is 0.883. The average Bonchev–Trinajstić information content (AvgIpc) is 2.99. The molecule has 2 aromatic heterocycles. The van der Waals surface area contributed by atoms with Gasteiger partial charge in [-0.3, -0.25) is 4.68 Å². The van der Waals surface area contributed by atoms with Crippen molar-refractivity contribution in [2.75, 3.05) is 5.32 Å². The molecule has 0 unspecified atom stereocenters. The fourth-order valence-corrected chi connectivity index (χ4v) is 2.84. The minimum atomic E-state index is -4.53. The molecular weight excluding hydrogens is 315 g/mol. The van der Waals surface area contributed by atoms with Gasteiger partial charge in [0.2, 0.25) is 0 Å². The maximum atomic E-state index is 13.4. The van der Waals surface area contributed by atoms with Gasteiger partial charge in [0.15, 0.2) is 11.7 Å². The van der Waals surface area contributed by atoms with Crippen molar-refractivity contribution in [1.29, 1.82) is 0 Å². The van der Waals surface area contributed by atoms with Crippen molar-refractivity contribution >= 4 is 11.8 Å². The summed E-state index contributed by atoms with van der Waals surface area (Å²) in [7, 11) is 1.69. The maximum Gasteiger partial charge on any atom is 0.410 e. The zero-order valence-corrected chi connectivity index (χ0v) is 12.3. The Morgan fingerprint density at radius 2 is 2.13 bits per heavy atom. The Kier molecular flexibility index (Phi) is 3.34. The van der Waals surface area contributed by atoms with E-state index in [1.165, 1.54) is 4.68 Å². The van der Waals surface area contributed by atoms with Gasteiger partial charge in [-0.25, -0.2) is 9.48 Å². The van der Waals surface area contributed by atoms with Gasteiger partial charge in [-0.15, -0.1) is 0 Å². The Balaban J connectivity index is 2.05. The Bertz CT molecular complexity index is 764. The average molecular weight is 329 g/mol. The zero-order valence-electron chi connectivity index (χ0n) is 12.3. The van der Waals surface area contributed by atoms with E-state index >= 15 is 0 Å². The predicted octanol–water partition coefficient (Wildman–Crippen LogP) is 2.28. The lowest BCUT2D eigenvalue weighted by Gasteiger charge is -2.33. The van der Waals surface area contributed by atoms with E-state index in [2.05, 4.69) is 15.5 Å². The third kappa shape index (κ3) is 2.64. The summed E-state index contributed by atoms with van der Waals surface area (Å²) in [5.74, 6) is -1.34. The molecule has 7 nitrogen and oxygen atoms in total. The van der Waals surface area contributed by atoms with Gasteiger partial charge in [-0.2, -0.15) is 23.4 Å². The Labute approximate surface area is 128 Å². The van der Waals surface area contributed by atoms with Crippen molar-refractivity contribution in [2.45, 2.75) is 31.6 Å². The summed E-state index contributed by atoms with van der Waals surface area (Å²) >= 11 is 0. The molecule has 3 heterocycles. The first-order valence-corrected chi connectivity index (χ1v) is 6.83. The van der Waals surface area contributed by atoms with Crippen molar-refractivity contribution in [1.82, 2.24) is 19.6 Å². The molecule has 0 aliphatic carbocycles. The first kappa shape index (κ1) is 15.4. The molecule has 1 aliphatic rings. The van der Waals surface area contributed by atoms with E-state index in [9.17, 15) is 18.0 Å². The summed E-state index contributed by atoms with van der Waals surface area (Å²) in [5.41, 5.74) is 0.841. The van der Waals surface area contributed by atoms with E-state index in [1.54, 1.807) is 20.2 Å². The largest absolute Gasteiger partial charge is 0.476 e. The molecule has 0 radical (unpaired) electrons. The molecule has 0 bridgehead atoms. The van der Waals surface area contributed by atoms with Gasteiger partial charge >= 0.3 is 12.1 Å². The number of halogens is 3. The molecule has 0 saturated heterocycles. The van der Waals surface area contributed by atoms with Crippen LogP contribution < -0.4 is 5.32 Å². The number of aromatic carboxylic acids is 1. The third-order valence-electron chi connectivity index (χ3n) is 3.84. The molecule has 1 aliphatic heterocycles. The lowest BCUT2D eigenvalue weighted by Crippen LogP contribution is -2.35. The molecule has 23 heavy (non-hydrogen) atoms. The summed E-state index contributed by atoms with van der Waals surface area (Å²) in [5, 5.41) is 19.6. The fourth-order valence-electron chi connectivity index (χ4n) is 2.84. The molecular formula is C13H14F3N5O2. The minimum Gasteiger partial charge on any atom is -0.476 e. The van der Waals surface area contributed by atoms with E-state index in [4.69, 9.17) is 5.11 Å². The molecule has 0 amide bonds. The van der Waals surface area contributed by atoms with Crippen molar-refractivity contribution in [3.63, 3.8) is 0 Å². The minimum absolute atomic E-state index is 0.0317. The molecule has 2 N–H and O–H groups in total. The molecule has 124 valence electrons. The fraction of sp³-hybridized carbons (Fsp3) is 0.462. The molecule has 0 fully saturated rings. The molecule has 2 aromatic rings. The van der Waals surface area contributed by atoms with Crippen LogP contribution in [0.1, 0.15) is 40.3 Å². The lowest BCUT2D eigenvalue weighted by molar-refractivity contribution is -0.173. The third-order valence-corrected chi connectivity index (χ3v) is 3.84. The van der Waals surface area contributed by atoms with Crippen LogP contribution in [0, 0.1) is 6.92 Å². The number of carboxylic acids is 1. The summed E-state index contributed by atoms with van der Waals surface area (Å²) in [6.07, 6.45) is -3.17. The Morgan fingerprint density at radius 1 is 1.43 bits per heavy atom. The number of hydrogen-bond acceptors (Lipinski definition) is 4. The number of fused-ring (bicyclic) bond motifs is 1. The molecule has 0 aromatic carbocycles. The second-order valence-electron chi connectivity index (χ2n) is 5.50. The van der Waals surface area contributed by atoms with Crippen molar-refractivity contribution < 1.29 is 23.1 Å². The Morgan fingerprint density at radius 3 is 2.65 bits per heavy atom. The van der Waals surface area contributed by atoms with Gasteiger partial charge in [0, 0.05) is 31.3 Å². The highest BCUT2D eigenvalue weighted by Gasteiger charge is 2.47. The number of anilines is 1. The van der Waals surface area contributed by atoms with Crippen molar-refractivity contribution in [3.05, 3.63) is 29.2 Å². The molecule has 10 heteroatoms. The number of carboxylic acid groups (broad SMARTS) is 1. The van der Waals surface area contributed by atoms with E-state index < -0.39 is 29.9 Å². The van der Waals surface area contributed by atoms with E-state index in [1.807, 2.05) is 0 Å². The van der Waals surface area contributed by atoms with Crippen LogP contribution in [0.2, 0.25) is 0 Å². The smallest absolute Gasteiger partial charge is 0.410 e. The molecule has 3 rings (SSSR count). The highest BCUT2D eigenvalue weighted by atomic mass is 19.4. The van der Waals surface area contributed by atoms with E-state index in [0.717, 1.165) is 6.07 Å². The van der Waals surface area contributed by atoms with Crippen molar-refractivity contribution in [2.24, 2.45) is 7.05 Å². The standard InChI is InChI=1S/C13H14F3N5O2/c1-6-7(5-20(2)18-6)8-3-10(13(14,15)16)21-11(17-8)4-9(19-21)12(22)23/h4-5,8,10,17H,3H2,1-2H3,(H,22,23)/t8-,10+/m1/s1. The number of carbonyl (C=O) groups is 1. The van der Waals surface area contributed by atoms with Crippen molar-refractivity contribution in [3.8, 4) is 0 Å². The topological polar surface area (TPSA) is 85.0 Å².